The number of hydrogen-bond donors (Lipinski definition) is 1. The number of nitrogens with one attached hydrogen (secondary N) is 1. The van der Waals surface area contributed by atoms with Gasteiger partial charge in [-0.25, -0.2) is 9.78 Å². The Labute approximate surface area is 205 Å². The van der Waals surface area contributed by atoms with E-state index < -0.39 is 0 Å². The number of imidazole rings is 2. The maximum absolute atomic E-state index is 13.2. The SMILES string of the molecule is CCOCCCn1c(NC(=O)c2ccc(-c3ccncc3)s2)nc2cc3c(cc21)n(C)c(=O)n3C. The van der Waals surface area contributed by atoms with Crippen LogP contribution in [0.2, 0.25) is 0 Å². The molecule has 0 saturated heterocycles. The molecule has 0 radical (unpaired) electrons. The summed E-state index contributed by atoms with van der Waals surface area (Å²) in [5.74, 6) is 0.259. The van der Waals surface area contributed by atoms with Gasteiger partial charge < -0.3 is 9.30 Å². The van der Waals surface area contributed by atoms with Gasteiger partial charge in [0, 0.05) is 51.1 Å². The number of amides is 1. The van der Waals surface area contributed by atoms with Crippen molar-refractivity contribution >= 4 is 45.3 Å². The molecule has 4 aromatic heterocycles. The molecule has 0 saturated carbocycles. The first-order valence-corrected chi connectivity index (χ1v) is 12.2. The van der Waals surface area contributed by atoms with Gasteiger partial charge in [0.2, 0.25) is 5.95 Å². The summed E-state index contributed by atoms with van der Waals surface area (Å²) >= 11 is 1.42. The standard InChI is InChI=1S/C25H26N6O3S/c1-4-34-13-5-12-31-18-15-20-19(29(2)25(33)30(20)3)14-17(18)27-24(31)28-23(32)22-7-6-21(35-22)16-8-10-26-11-9-16/h6-11,14-15H,4-5,12-13H2,1-3H3,(H,27,28,32). The van der Waals surface area contributed by atoms with Crippen LogP contribution in [0.15, 0.2) is 53.6 Å². The Morgan fingerprint density at radius 1 is 1.06 bits per heavy atom. The molecule has 9 nitrogen and oxygen atoms in total. The Morgan fingerprint density at radius 2 is 1.80 bits per heavy atom. The molecule has 1 N–H and O–H groups in total. The van der Waals surface area contributed by atoms with E-state index >= 15 is 0 Å². The highest BCUT2D eigenvalue weighted by Gasteiger charge is 2.19. The van der Waals surface area contributed by atoms with E-state index in [4.69, 9.17) is 9.72 Å². The van der Waals surface area contributed by atoms with Gasteiger partial charge in [0.15, 0.2) is 0 Å². The van der Waals surface area contributed by atoms with Crippen LogP contribution < -0.4 is 11.0 Å². The molecule has 35 heavy (non-hydrogen) atoms. The molecule has 0 fully saturated rings. The minimum absolute atomic E-state index is 0.0910. The summed E-state index contributed by atoms with van der Waals surface area (Å²) in [5, 5.41) is 3.00. The van der Waals surface area contributed by atoms with E-state index in [1.807, 2.05) is 47.9 Å². The fourth-order valence-electron chi connectivity index (χ4n) is 4.20. The second kappa shape index (κ2) is 9.47. The van der Waals surface area contributed by atoms with E-state index in [1.54, 1.807) is 35.6 Å². The molecule has 0 atom stereocenters. The summed E-state index contributed by atoms with van der Waals surface area (Å²) in [6.45, 7) is 3.84. The number of aryl methyl sites for hydroxylation is 3. The number of ether oxygens (including phenoxy) is 1. The number of pyridine rings is 1. The summed E-state index contributed by atoms with van der Waals surface area (Å²) in [5.41, 5.74) is 4.11. The van der Waals surface area contributed by atoms with Crippen molar-refractivity contribution in [3.8, 4) is 10.4 Å². The fraction of sp³-hybridized carbons (Fsp3) is 0.280. The number of hydrogen-bond acceptors (Lipinski definition) is 6. The first-order valence-electron chi connectivity index (χ1n) is 11.4. The Kier molecular flexibility index (Phi) is 6.23. The fourth-order valence-corrected chi connectivity index (χ4v) is 5.11. The van der Waals surface area contributed by atoms with Gasteiger partial charge >= 0.3 is 5.69 Å². The molecule has 0 aliphatic carbocycles. The largest absolute Gasteiger partial charge is 0.382 e. The zero-order valence-corrected chi connectivity index (χ0v) is 20.6. The number of anilines is 1. The molecule has 4 heterocycles. The van der Waals surface area contributed by atoms with Crippen LogP contribution in [0.4, 0.5) is 5.95 Å². The van der Waals surface area contributed by atoms with Gasteiger partial charge in [0.1, 0.15) is 0 Å². The van der Waals surface area contributed by atoms with Gasteiger partial charge in [-0.2, -0.15) is 0 Å². The van der Waals surface area contributed by atoms with Crippen molar-refractivity contribution in [2.75, 3.05) is 18.5 Å². The Morgan fingerprint density at radius 3 is 2.54 bits per heavy atom. The molecular formula is C25H26N6O3S. The number of nitrogens with zero attached hydrogens (tertiary/aromatic N) is 5. The number of carbonyl (C=O) groups is 1. The van der Waals surface area contributed by atoms with Crippen molar-refractivity contribution in [1.29, 1.82) is 0 Å². The molecule has 0 spiro atoms. The van der Waals surface area contributed by atoms with E-state index in [9.17, 15) is 9.59 Å². The first-order chi connectivity index (χ1) is 17.0. The first kappa shape index (κ1) is 23.0. The predicted molar refractivity (Wildman–Crippen MR) is 138 cm³/mol. The van der Waals surface area contributed by atoms with Crippen LogP contribution in [0.5, 0.6) is 0 Å². The third kappa shape index (κ3) is 4.26. The lowest BCUT2D eigenvalue weighted by atomic mass is 10.2. The average molecular weight is 491 g/mol. The lowest BCUT2D eigenvalue weighted by molar-refractivity contribution is 0.102. The van der Waals surface area contributed by atoms with Crippen molar-refractivity contribution in [3.63, 3.8) is 0 Å². The summed E-state index contributed by atoms with van der Waals surface area (Å²) in [6, 6.07) is 11.5. The van der Waals surface area contributed by atoms with Crippen molar-refractivity contribution in [3.05, 3.63) is 64.2 Å². The molecule has 180 valence electrons. The molecule has 10 heteroatoms. The van der Waals surface area contributed by atoms with Crippen LogP contribution in [0, 0.1) is 0 Å². The predicted octanol–water partition coefficient (Wildman–Crippen LogP) is 4.03. The summed E-state index contributed by atoms with van der Waals surface area (Å²) in [6.07, 6.45) is 4.23. The van der Waals surface area contributed by atoms with Crippen molar-refractivity contribution < 1.29 is 9.53 Å². The molecule has 0 unspecified atom stereocenters. The van der Waals surface area contributed by atoms with Crippen LogP contribution in [0.3, 0.4) is 0 Å². The van der Waals surface area contributed by atoms with Crippen LogP contribution in [0.1, 0.15) is 23.0 Å². The monoisotopic (exact) mass is 490 g/mol. The second-order valence-corrected chi connectivity index (χ2v) is 9.31. The molecule has 1 amide bonds. The van der Waals surface area contributed by atoms with E-state index in [0.29, 0.717) is 36.1 Å². The highest BCUT2D eigenvalue weighted by Crippen LogP contribution is 2.29. The van der Waals surface area contributed by atoms with Crippen LogP contribution in [-0.4, -0.2) is 42.8 Å². The van der Waals surface area contributed by atoms with Gasteiger partial charge in [-0.15, -0.1) is 11.3 Å². The van der Waals surface area contributed by atoms with Crippen LogP contribution in [0.25, 0.3) is 32.5 Å². The number of thiophene rings is 1. The number of benzene rings is 1. The molecule has 1 aromatic carbocycles. The topological polar surface area (TPSA) is 96.0 Å². The van der Waals surface area contributed by atoms with Crippen molar-refractivity contribution in [1.82, 2.24) is 23.7 Å². The third-order valence-corrected chi connectivity index (χ3v) is 7.17. The maximum Gasteiger partial charge on any atom is 0.328 e. The quantitative estimate of drug-likeness (QED) is 0.331. The lowest BCUT2D eigenvalue weighted by Gasteiger charge is -2.10. The lowest BCUT2D eigenvalue weighted by Crippen LogP contribution is -2.19. The minimum Gasteiger partial charge on any atom is -0.382 e. The van der Waals surface area contributed by atoms with E-state index in [1.165, 1.54) is 11.3 Å². The van der Waals surface area contributed by atoms with Crippen molar-refractivity contribution in [2.45, 2.75) is 19.9 Å². The van der Waals surface area contributed by atoms with Gasteiger partial charge in [-0.1, -0.05) is 0 Å². The normalized spacial score (nSPS) is 11.5. The number of aromatic nitrogens is 5. The zero-order chi connectivity index (χ0) is 24.5. The van der Waals surface area contributed by atoms with E-state index in [-0.39, 0.29) is 11.6 Å². The second-order valence-electron chi connectivity index (χ2n) is 8.22. The number of rotatable bonds is 8. The molecule has 0 aliphatic rings. The van der Waals surface area contributed by atoms with Gasteiger partial charge in [-0.05, 0) is 55.3 Å². The Bertz CT molecular complexity index is 1580. The van der Waals surface area contributed by atoms with E-state index in [2.05, 4.69) is 10.3 Å². The molecule has 0 bridgehead atoms. The van der Waals surface area contributed by atoms with Crippen molar-refractivity contribution in [2.24, 2.45) is 14.1 Å². The van der Waals surface area contributed by atoms with Gasteiger partial charge in [0.05, 0.1) is 26.9 Å². The van der Waals surface area contributed by atoms with Crippen LogP contribution >= 0.6 is 11.3 Å². The number of carbonyl (C=O) groups excluding carboxylic acids is 1. The summed E-state index contributed by atoms with van der Waals surface area (Å²) in [4.78, 5) is 36.0. The highest BCUT2D eigenvalue weighted by molar-refractivity contribution is 7.17. The molecule has 5 aromatic rings. The highest BCUT2D eigenvalue weighted by atomic mass is 32.1. The zero-order valence-electron chi connectivity index (χ0n) is 19.8. The van der Waals surface area contributed by atoms with Crippen LogP contribution in [-0.2, 0) is 25.4 Å². The minimum atomic E-state index is -0.214. The Balaban J connectivity index is 1.51. The molecule has 5 rings (SSSR count). The van der Waals surface area contributed by atoms with Gasteiger partial charge in [0.25, 0.3) is 5.91 Å². The average Bonchev–Trinajstić information content (AvgIpc) is 3.55. The number of fused-ring (bicyclic) bond motifs is 2. The smallest absolute Gasteiger partial charge is 0.328 e. The summed E-state index contributed by atoms with van der Waals surface area (Å²) in [7, 11) is 3.50. The molecule has 0 aliphatic heterocycles. The molecular weight excluding hydrogens is 464 g/mol. The Hall–Kier alpha value is -3.76. The maximum atomic E-state index is 13.2. The van der Waals surface area contributed by atoms with E-state index in [0.717, 1.165) is 33.4 Å². The van der Waals surface area contributed by atoms with Gasteiger partial charge in [-0.3, -0.25) is 24.2 Å². The summed E-state index contributed by atoms with van der Waals surface area (Å²) < 4.78 is 10.7. The third-order valence-electron chi connectivity index (χ3n) is 6.04.